The molecule has 1 heterocycles. The molecule has 0 aromatic heterocycles. The molecule has 1 fully saturated rings. The minimum Gasteiger partial charge on any atom is -0.303 e. The van der Waals surface area contributed by atoms with E-state index in [1.807, 2.05) is 37.3 Å². The largest absolute Gasteiger partial charge is 0.303 e. The molecule has 2 aromatic rings. The monoisotopic (exact) mass is 442 g/mol. The molecular formula is C26H38N2O2S. The van der Waals surface area contributed by atoms with Gasteiger partial charge in [-0.2, -0.15) is 0 Å². The zero-order valence-corrected chi connectivity index (χ0v) is 20.3. The van der Waals surface area contributed by atoms with Crippen LogP contribution in [-0.4, -0.2) is 33.0 Å². The lowest BCUT2D eigenvalue weighted by Crippen LogP contribution is -2.47. The summed E-state index contributed by atoms with van der Waals surface area (Å²) in [4.78, 5) is 2.89. The fraction of sp³-hybridized carbons (Fsp3) is 0.538. The lowest BCUT2D eigenvalue weighted by Gasteiger charge is -2.45. The Morgan fingerprint density at radius 2 is 1.84 bits per heavy atom. The van der Waals surface area contributed by atoms with E-state index in [1.165, 1.54) is 37.8 Å². The first-order valence-electron chi connectivity index (χ1n) is 11.7. The molecule has 0 aliphatic carbocycles. The minimum absolute atomic E-state index is 0.0469. The maximum Gasteiger partial charge on any atom is 0.261 e. The fourth-order valence-electron chi connectivity index (χ4n) is 4.58. The Balaban J connectivity index is 1.70. The van der Waals surface area contributed by atoms with E-state index in [0.717, 1.165) is 25.1 Å². The summed E-state index contributed by atoms with van der Waals surface area (Å²) >= 11 is 0. The zero-order chi connectivity index (χ0) is 22.5. The van der Waals surface area contributed by atoms with Crippen molar-refractivity contribution in [2.75, 3.05) is 24.4 Å². The first kappa shape index (κ1) is 23.8. The van der Waals surface area contributed by atoms with E-state index in [4.69, 9.17) is 0 Å². The summed E-state index contributed by atoms with van der Waals surface area (Å²) in [6, 6.07) is 14.9. The first-order chi connectivity index (χ1) is 14.7. The Bertz CT molecular complexity index is 956. The summed E-state index contributed by atoms with van der Waals surface area (Å²) in [6.07, 6.45) is 6.30. The Morgan fingerprint density at radius 1 is 1.10 bits per heavy atom. The predicted octanol–water partition coefficient (Wildman–Crippen LogP) is 5.98. The third-order valence-corrected chi connectivity index (χ3v) is 8.40. The molecule has 2 atom stereocenters. The van der Waals surface area contributed by atoms with Crippen LogP contribution in [0.25, 0.3) is 0 Å². The molecule has 0 spiro atoms. The number of benzene rings is 2. The van der Waals surface area contributed by atoms with Crippen LogP contribution in [0.15, 0.2) is 53.4 Å². The highest BCUT2D eigenvalue weighted by Crippen LogP contribution is 2.40. The third-order valence-electron chi connectivity index (χ3n) is 7.00. The van der Waals surface area contributed by atoms with Gasteiger partial charge in [0.05, 0.1) is 4.90 Å². The van der Waals surface area contributed by atoms with E-state index in [-0.39, 0.29) is 5.41 Å². The number of piperidine rings is 1. The highest BCUT2D eigenvalue weighted by atomic mass is 32.2. The number of likely N-dealkylation sites (tertiary alicyclic amines) is 1. The normalized spacial score (nSPS) is 22.4. The van der Waals surface area contributed by atoms with Crippen molar-refractivity contribution < 1.29 is 8.42 Å². The second kappa shape index (κ2) is 10.2. The molecule has 1 aliphatic rings. The van der Waals surface area contributed by atoms with Crippen LogP contribution in [0.3, 0.4) is 0 Å². The maximum absolute atomic E-state index is 12.8. The van der Waals surface area contributed by atoms with Crippen LogP contribution in [0.5, 0.6) is 0 Å². The molecule has 0 bridgehead atoms. The van der Waals surface area contributed by atoms with Gasteiger partial charge in [0.2, 0.25) is 0 Å². The van der Waals surface area contributed by atoms with Gasteiger partial charge < -0.3 is 4.90 Å². The minimum atomic E-state index is -3.59. The van der Waals surface area contributed by atoms with Gasteiger partial charge in [-0.25, -0.2) is 8.42 Å². The van der Waals surface area contributed by atoms with Crippen molar-refractivity contribution in [3.63, 3.8) is 0 Å². The van der Waals surface area contributed by atoms with Crippen molar-refractivity contribution in [1.29, 1.82) is 0 Å². The van der Waals surface area contributed by atoms with E-state index >= 15 is 0 Å². The summed E-state index contributed by atoms with van der Waals surface area (Å²) in [6.45, 7) is 12.3. The topological polar surface area (TPSA) is 49.4 Å². The average Bonchev–Trinajstić information content (AvgIpc) is 2.74. The van der Waals surface area contributed by atoms with Crippen LogP contribution in [0, 0.1) is 12.8 Å². The number of hydrogen-bond donors (Lipinski definition) is 1. The number of rotatable bonds is 9. The number of nitrogens with one attached hydrogen (secondary N) is 1. The molecule has 1 saturated heterocycles. The quantitative estimate of drug-likeness (QED) is 0.486. The summed E-state index contributed by atoms with van der Waals surface area (Å²) < 4.78 is 28.4. The lowest BCUT2D eigenvalue weighted by molar-refractivity contribution is 0.109. The van der Waals surface area contributed by atoms with E-state index in [1.54, 1.807) is 12.1 Å². The van der Waals surface area contributed by atoms with Crippen molar-refractivity contribution in [1.82, 2.24) is 4.90 Å². The van der Waals surface area contributed by atoms with Crippen molar-refractivity contribution in [3.05, 3.63) is 59.7 Å². The molecule has 5 heteroatoms. The number of aryl methyl sites for hydroxylation is 1. The molecule has 0 saturated carbocycles. The number of sulfonamides is 1. The van der Waals surface area contributed by atoms with Gasteiger partial charge in [-0.05, 0) is 74.0 Å². The van der Waals surface area contributed by atoms with E-state index in [2.05, 4.69) is 36.5 Å². The lowest BCUT2D eigenvalue weighted by atomic mass is 9.68. The molecular weight excluding hydrogens is 404 g/mol. The van der Waals surface area contributed by atoms with Gasteiger partial charge in [-0.1, -0.05) is 69.9 Å². The van der Waals surface area contributed by atoms with Crippen LogP contribution in [-0.2, 0) is 15.4 Å². The summed E-state index contributed by atoms with van der Waals surface area (Å²) in [5, 5.41) is 0. The second-order valence-corrected chi connectivity index (χ2v) is 11.1. The molecule has 4 nitrogen and oxygen atoms in total. The molecule has 0 amide bonds. The molecule has 1 aliphatic heterocycles. The van der Waals surface area contributed by atoms with Crippen molar-refractivity contribution in [2.24, 2.45) is 5.92 Å². The van der Waals surface area contributed by atoms with Gasteiger partial charge >= 0.3 is 0 Å². The van der Waals surface area contributed by atoms with Gasteiger partial charge in [0.15, 0.2) is 0 Å². The Labute approximate surface area is 189 Å². The fourth-order valence-corrected chi connectivity index (χ4v) is 5.63. The van der Waals surface area contributed by atoms with E-state index in [0.29, 0.717) is 16.5 Å². The standard InChI is InChI=1S/C26H38N2O2S/c1-5-6-7-8-17-28-18-16-26(4,22(3)20-28)23-10-9-11-24(19-23)27-31(29,30)25-14-12-21(2)13-15-25/h9-15,19,22,27H,5-8,16-18,20H2,1-4H3. The Morgan fingerprint density at radius 3 is 2.52 bits per heavy atom. The average molecular weight is 443 g/mol. The highest BCUT2D eigenvalue weighted by molar-refractivity contribution is 7.92. The Kier molecular flexibility index (Phi) is 7.82. The number of nitrogens with zero attached hydrogens (tertiary/aromatic N) is 1. The van der Waals surface area contributed by atoms with Crippen LogP contribution in [0.2, 0.25) is 0 Å². The van der Waals surface area contributed by atoms with Gasteiger partial charge in [-0.15, -0.1) is 0 Å². The second-order valence-electron chi connectivity index (χ2n) is 9.43. The van der Waals surface area contributed by atoms with E-state index in [9.17, 15) is 8.42 Å². The molecule has 170 valence electrons. The molecule has 2 aromatic carbocycles. The Hall–Kier alpha value is -1.85. The van der Waals surface area contributed by atoms with Crippen molar-refractivity contribution in [2.45, 2.75) is 70.1 Å². The summed E-state index contributed by atoms with van der Waals surface area (Å²) in [7, 11) is -3.59. The molecule has 0 radical (unpaired) electrons. The van der Waals surface area contributed by atoms with Crippen LogP contribution >= 0.6 is 0 Å². The summed E-state index contributed by atoms with van der Waals surface area (Å²) in [5.41, 5.74) is 2.94. The van der Waals surface area contributed by atoms with Crippen LogP contribution in [0.1, 0.15) is 64.0 Å². The molecule has 3 rings (SSSR count). The highest BCUT2D eigenvalue weighted by Gasteiger charge is 2.38. The first-order valence-corrected chi connectivity index (χ1v) is 13.2. The number of anilines is 1. The smallest absolute Gasteiger partial charge is 0.261 e. The van der Waals surface area contributed by atoms with Gasteiger partial charge in [0.1, 0.15) is 0 Å². The SMILES string of the molecule is CCCCCCN1CCC(C)(c2cccc(NS(=O)(=O)c3ccc(C)cc3)c2)C(C)C1. The molecule has 31 heavy (non-hydrogen) atoms. The zero-order valence-electron chi connectivity index (χ0n) is 19.5. The number of hydrogen-bond acceptors (Lipinski definition) is 3. The van der Waals surface area contributed by atoms with Gasteiger partial charge in [0, 0.05) is 12.2 Å². The van der Waals surface area contributed by atoms with Crippen molar-refractivity contribution in [3.8, 4) is 0 Å². The number of unbranched alkanes of at least 4 members (excludes halogenated alkanes) is 3. The molecule has 2 unspecified atom stereocenters. The van der Waals surface area contributed by atoms with Crippen LogP contribution < -0.4 is 4.72 Å². The maximum atomic E-state index is 12.8. The van der Waals surface area contributed by atoms with Crippen molar-refractivity contribution >= 4 is 15.7 Å². The van der Waals surface area contributed by atoms with Gasteiger partial charge in [0.25, 0.3) is 10.0 Å². The van der Waals surface area contributed by atoms with Crippen LogP contribution in [0.4, 0.5) is 5.69 Å². The predicted molar refractivity (Wildman–Crippen MR) is 130 cm³/mol. The third kappa shape index (κ3) is 5.89. The molecule has 1 N–H and O–H groups in total. The van der Waals surface area contributed by atoms with Gasteiger partial charge in [-0.3, -0.25) is 4.72 Å². The van der Waals surface area contributed by atoms with E-state index < -0.39 is 10.0 Å². The summed E-state index contributed by atoms with van der Waals surface area (Å²) in [5.74, 6) is 0.511.